The summed E-state index contributed by atoms with van der Waals surface area (Å²) in [6, 6.07) is 11.1. The molecule has 32 heavy (non-hydrogen) atoms. The fraction of sp³-hybridized carbons (Fsp3) is 0.320. The summed E-state index contributed by atoms with van der Waals surface area (Å²) in [5, 5.41) is 6.43. The van der Waals surface area contributed by atoms with Crippen LogP contribution in [0, 0.1) is 0 Å². The van der Waals surface area contributed by atoms with Crippen molar-refractivity contribution < 1.29 is 14.6 Å². The highest BCUT2D eigenvalue weighted by Gasteiger charge is 2.20. The number of carbonyl (C=O) groups excluding carboxylic acids is 1. The highest BCUT2D eigenvalue weighted by molar-refractivity contribution is 5.83. The molecular weight excluding hydrogens is 404 g/mol. The van der Waals surface area contributed by atoms with Crippen LogP contribution in [0.1, 0.15) is 29.2 Å². The zero-order chi connectivity index (χ0) is 23.0. The van der Waals surface area contributed by atoms with Crippen LogP contribution in [-0.2, 0) is 27.6 Å². The average Bonchev–Trinajstić information content (AvgIpc) is 2.81. The van der Waals surface area contributed by atoms with E-state index in [1.54, 1.807) is 31.7 Å². The van der Waals surface area contributed by atoms with E-state index < -0.39 is 6.04 Å². The predicted octanol–water partition coefficient (Wildman–Crippen LogP) is 3.35. The lowest BCUT2D eigenvalue weighted by atomic mass is 10.0. The van der Waals surface area contributed by atoms with E-state index in [9.17, 15) is 4.79 Å². The second-order valence-corrected chi connectivity index (χ2v) is 7.07. The topological polar surface area (TPSA) is 84.8 Å². The van der Waals surface area contributed by atoms with Crippen LogP contribution in [0.4, 0.5) is 0 Å². The molecule has 1 unspecified atom stereocenters. The average molecular weight is 437 g/mol. The van der Waals surface area contributed by atoms with Gasteiger partial charge in [0.2, 0.25) is 5.91 Å². The van der Waals surface area contributed by atoms with Crippen molar-refractivity contribution in [3.8, 4) is 0 Å². The first-order chi connectivity index (χ1) is 15.7. The number of hydrogen-bond acceptors (Lipinski definition) is 6. The summed E-state index contributed by atoms with van der Waals surface area (Å²) in [5.74, 6) is -0.0812. The second kappa shape index (κ2) is 14.8. The number of nitrogens with one attached hydrogen (secondary N) is 2. The van der Waals surface area contributed by atoms with Crippen LogP contribution in [0.5, 0.6) is 0 Å². The predicted molar refractivity (Wildman–Crippen MR) is 127 cm³/mol. The van der Waals surface area contributed by atoms with Crippen molar-refractivity contribution in [3.05, 3.63) is 89.8 Å². The summed E-state index contributed by atoms with van der Waals surface area (Å²) < 4.78 is 0. The molecule has 0 aliphatic carbocycles. The molecule has 170 valence electrons. The Morgan fingerprint density at radius 1 is 1.22 bits per heavy atom. The number of carbonyl (C=O) groups is 1. The molecule has 0 bridgehead atoms. The maximum atomic E-state index is 13.1. The molecule has 2 N–H and O–H groups in total. The minimum absolute atomic E-state index is 0.0812. The fourth-order valence-electron chi connectivity index (χ4n) is 3.20. The molecule has 1 aromatic heterocycles. The van der Waals surface area contributed by atoms with Gasteiger partial charge in [-0.3, -0.25) is 14.8 Å². The Kier molecular flexibility index (Phi) is 11.6. The number of allylic oxidation sites excluding steroid dienone is 2. The number of amides is 1. The van der Waals surface area contributed by atoms with Gasteiger partial charge in [0, 0.05) is 38.7 Å². The molecule has 7 nitrogen and oxygen atoms in total. The summed E-state index contributed by atoms with van der Waals surface area (Å²) in [4.78, 5) is 30.9. The molecular formula is C25H32N4O3. The Hall–Kier alpha value is -3.13. The monoisotopic (exact) mass is 436 g/mol. The van der Waals surface area contributed by atoms with Crippen LogP contribution in [0.15, 0.2) is 78.1 Å². The normalized spacial score (nSPS) is 12.6. The standard InChI is InChI=1S/C25H32N4O3/c1-4-6-21(18-26-2)12-15-28-24(23-8-5-7-22(17-23)19-32-31-3)25(30)29-16-11-20-9-13-27-14-10-20/h4-10,13-14,17-18,24,28H,1,11-12,15-16,19H2,2-3H3,(H,29,30)/b21-6-,26-18-. The van der Waals surface area contributed by atoms with Crippen molar-refractivity contribution >= 4 is 12.1 Å². The van der Waals surface area contributed by atoms with Gasteiger partial charge in [-0.15, -0.1) is 0 Å². The number of nitrogens with zero attached hydrogens (tertiary/aromatic N) is 2. The molecule has 0 radical (unpaired) electrons. The summed E-state index contributed by atoms with van der Waals surface area (Å²) in [7, 11) is 3.20. The van der Waals surface area contributed by atoms with Crippen molar-refractivity contribution in [2.75, 3.05) is 27.2 Å². The lowest BCUT2D eigenvalue weighted by Gasteiger charge is -2.20. The first kappa shape index (κ1) is 25.1. The van der Waals surface area contributed by atoms with E-state index in [2.05, 4.69) is 27.2 Å². The molecule has 2 aromatic rings. The van der Waals surface area contributed by atoms with Gasteiger partial charge < -0.3 is 10.6 Å². The van der Waals surface area contributed by atoms with Crippen molar-refractivity contribution in [1.82, 2.24) is 15.6 Å². The highest BCUT2D eigenvalue weighted by Crippen LogP contribution is 2.17. The van der Waals surface area contributed by atoms with Crippen molar-refractivity contribution in [2.45, 2.75) is 25.5 Å². The first-order valence-electron chi connectivity index (χ1n) is 10.6. The number of aromatic nitrogens is 1. The van der Waals surface area contributed by atoms with E-state index in [-0.39, 0.29) is 5.91 Å². The maximum absolute atomic E-state index is 13.1. The van der Waals surface area contributed by atoms with E-state index in [0.717, 1.165) is 35.1 Å². The fourth-order valence-corrected chi connectivity index (χ4v) is 3.20. The van der Waals surface area contributed by atoms with Crippen LogP contribution in [0.2, 0.25) is 0 Å². The van der Waals surface area contributed by atoms with E-state index in [1.165, 1.54) is 7.11 Å². The zero-order valence-electron chi connectivity index (χ0n) is 18.8. The van der Waals surface area contributed by atoms with Gasteiger partial charge in [-0.25, -0.2) is 9.78 Å². The molecule has 1 atom stereocenters. The number of benzene rings is 1. The van der Waals surface area contributed by atoms with Gasteiger partial charge in [-0.1, -0.05) is 43.0 Å². The molecule has 1 aromatic carbocycles. The zero-order valence-corrected chi connectivity index (χ0v) is 18.8. The molecule has 1 amide bonds. The van der Waals surface area contributed by atoms with Gasteiger partial charge in [-0.2, -0.15) is 0 Å². The Morgan fingerprint density at radius 3 is 2.75 bits per heavy atom. The number of hydrogen-bond donors (Lipinski definition) is 2. The molecule has 0 spiro atoms. The summed E-state index contributed by atoms with van der Waals surface area (Å²) in [5.41, 5.74) is 3.95. The minimum Gasteiger partial charge on any atom is -0.354 e. The minimum atomic E-state index is -0.501. The van der Waals surface area contributed by atoms with Gasteiger partial charge in [0.15, 0.2) is 0 Å². The molecule has 0 saturated carbocycles. The van der Waals surface area contributed by atoms with Crippen molar-refractivity contribution in [2.24, 2.45) is 4.99 Å². The molecule has 1 heterocycles. The van der Waals surface area contributed by atoms with Gasteiger partial charge >= 0.3 is 0 Å². The third-order valence-corrected chi connectivity index (χ3v) is 4.74. The summed E-state index contributed by atoms with van der Waals surface area (Å²) in [6.07, 6.45) is 10.4. The quantitative estimate of drug-likeness (QED) is 0.205. The van der Waals surface area contributed by atoms with Crippen molar-refractivity contribution in [1.29, 1.82) is 0 Å². The molecule has 0 aliphatic heterocycles. The first-order valence-corrected chi connectivity index (χ1v) is 10.6. The second-order valence-electron chi connectivity index (χ2n) is 7.07. The summed E-state index contributed by atoms with van der Waals surface area (Å²) in [6.45, 7) is 5.19. The third kappa shape index (κ3) is 8.93. The smallest absolute Gasteiger partial charge is 0.241 e. The Labute approximate surface area is 190 Å². The SMILES string of the molecule is C=C/C=C(\C=N/C)CCNC(C(=O)NCCc1ccncc1)c1cccc(COOC)c1. The Morgan fingerprint density at radius 2 is 2.03 bits per heavy atom. The third-order valence-electron chi connectivity index (χ3n) is 4.74. The molecule has 0 fully saturated rings. The number of pyridine rings is 1. The van der Waals surface area contributed by atoms with E-state index in [0.29, 0.717) is 19.7 Å². The summed E-state index contributed by atoms with van der Waals surface area (Å²) >= 11 is 0. The van der Waals surface area contributed by atoms with Crippen LogP contribution in [-0.4, -0.2) is 44.4 Å². The van der Waals surface area contributed by atoms with Gasteiger partial charge in [-0.05, 0) is 47.2 Å². The van der Waals surface area contributed by atoms with Crippen LogP contribution >= 0.6 is 0 Å². The lowest BCUT2D eigenvalue weighted by Crippen LogP contribution is -2.39. The molecule has 7 heteroatoms. The van der Waals surface area contributed by atoms with Gasteiger partial charge in [0.25, 0.3) is 0 Å². The molecule has 2 rings (SSSR count). The number of aliphatic imine (C=N–C) groups is 1. The van der Waals surface area contributed by atoms with Crippen LogP contribution in [0.25, 0.3) is 0 Å². The molecule has 0 aliphatic rings. The van der Waals surface area contributed by atoms with E-state index >= 15 is 0 Å². The lowest BCUT2D eigenvalue weighted by molar-refractivity contribution is -0.282. The Balaban J connectivity index is 2.08. The van der Waals surface area contributed by atoms with Crippen LogP contribution < -0.4 is 10.6 Å². The largest absolute Gasteiger partial charge is 0.354 e. The maximum Gasteiger partial charge on any atom is 0.241 e. The number of rotatable bonds is 14. The van der Waals surface area contributed by atoms with Gasteiger partial charge in [0.1, 0.15) is 12.6 Å². The highest BCUT2D eigenvalue weighted by atomic mass is 17.2. The molecule has 0 saturated heterocycles. The van der Waals surface area contributed by atoms with Crippen LogP contribution in [0.3, 0.4) is 0 Å². The van der Waals surface area contributed by atoms with E-state index in [1.807, 2.05) is 42.5 Å². The van der Waals surface area contributed by atoms with Crippen molar-refractivity contribution in [3.63, 3.8) is 0 Å². The van der Waals surface area contributed by atoms with Gasteiger partial charge in [0.05, 0.1) is 7.11 Å². The van der Waals surface area contributed by atoms with E-state index in [4.69, 9.17) is 9.78 Å². The Bertz CT molecular complexity index is 897.